The zero-order valence-corrected chi connectivity index (χ0v) is 23.7. The highest BCUT2D eigenvalue weighted by molar-refractivity contribution is 8.03. The van der Waals surface area contributed by atoms with Crippen LogP contribution >= 0.6 is 24.0 Å². The van der Waals surface area contributed by atoms with Crippen molar-refractivity contribution in [3.63, 3.8) is 0 Å². The largest absolute Gasteiger partial charge is 0.459 e. The van der Waals surface area contributed by atoms with Gasteiger partial charge in [0.1, 0.15) is 5.40 Å². The molecule has 48 heavy (non-hydrogen) atoms. The van der Waals surface area contributed by atoms with E-state index >= 15 is 0 Å². The molecule has 0 bridgehead atoms. The van der Waals surface area contributed by atoms with E-state index in [1.165, 1.54) is 5.40 Å². The van der Waals surface area contributed by atoms with E-state index in [0.717, 1.165) is 0 Å². The molecule has 0 radical (unpaired) electrons. The van der Waals surface area contributed by atoms with Crippen molar-refractivity contribution in [2.75, 3.05) is 13.1 Å². The van der Waals surface area contributed by atoms with Gasteiger partial charge in [-0.15, -0.1) is 0 Å². The summed E-state index contributed by atoms with van der Waals surface area (Å²) in [6, 6.07) is 0.654. The average molecular weight is 744 g/mol. The standard InChI is InChI=1S/C24H6F14N4O4S2/c25-19(26,21(29,30)23(33,34)35)3-41-16(44)8-2-10(48-5-39)14-12-7(1-9(40-6-47)13(11(8)12)17(41)45)15(43)42(18(14)46)4-20(27,28)22(31,32)24(36,37)38/h1-2H,3-4H2. The number of thioether (sulfide) groups is 1. The highest BCUT2D eigenvalue weighted by Gasteiger charge is 2.75. The number of imide groups is 2. The van der Waals surface area contributed by atoms with Crippen LogP contribution in [0, 0.1) is 10.7 Å². The zero-order chi connectivity index (χ0) is 36.7. The summed E-state index contributed by atoms with van der Waals surface area (Å²) in [7, 11) is 0. The molecule has 0 unspecified atom stereocenters. The first-order valence-corrected chi connectivity index (χ1v) is 13.1. The van der Waals surface area contributed by atoms with Crippen molar-refractivity contribution in [3.05, 3.63) is 34.4 Å². The van der Waals surface area contributed by atoms with Crippen molar-refractivity contribution in [2.45, 2.75) is 40.9 Å². The Labute approximate surface area is 263 Å². The summed E-state index contributed by atoms with van der Waals surface area (Å²) in [5.41, 5.74) is -5.70. The Hall–Kier alpha value is -4.36. The predicted octanol–water partition coefficient (Wildman–Crippen LogP) is 7.01. The fourth-order valence-electron chi connectivity index (χ4n) is 4.67. The Morgan fingerprint density at radius 2 is 1.06 bits per heavy atom. The summed E-state index contributed by atoms with van der Waals surface area (Å²) in [4.78, 5) is 54.0. The predicted molar refractivity (Wildman–Crippen MR) is 133 cm³/mol. The van der Waals surface area contributed by atoms with Crippen LogP contribution in [-0.4, -0.2) is 87.7 Å². The third-order valence-electron chi connectivity index (χ3n) is 6.88. The SMILES string of the molecule is N#CSc1cc2c3c(c(N=C=S)cc4c3c1C(=O)N(CC(F)(F)C(F)(F)C(F)(F)F)C4=O)C(=O)N(CC(F)(F)C(F)(F)C(F)(F)F)C2=O. The van der Waals surface area contributed by atoms with Crippen molar-refractivity contribution < 1.29 is 80.6 Å². The van der Waals surface area contributed by atoms with Gasteiger partial charge in [-0.05, 0) is 36.1 Å². The first kappa shape index (κ1) is 36.5. The number of thiocyanates is 1. The molecule has 0 saturated carbocycles. The summed E-state index contributed by atoms with van der Waals surface area (Å²) in [6.07, 6.45) is -13.8. The number of aliphatic imine (C=N–C) groups is 1. The minimum absolute atomic E-state index is 0.176. The van der Waals surface area contributed by atoms with Crippen LogP contribution in [0.1, 0.15) is 41.4 Å². The second-order valence-electron chi connectivity index (χ2n) is 9.71. The van der Waals surface area contributed by atoms with E-state index in [4.69, 9.17) is 0 Å². The Balaban J connectivity index is 2.02. The van der Waals surface area contributed by atoms with Gasteiger partial charge in [-0.2, -0.15) is 71.7 Å². The molecule has 0 atom stereocenters. The number of amides is 4. The molecule has 0 aliphatic carbocycles. The van der Waals surface area contributed by atoms with Crippen LogP contribution in [0.4, 0.5) is 67.2 Å². The quantitative estimate of drug-likeness (QED) is 0.0715. The smallest absolute Gasteiger partial charge is 0.269 e. The van der Waals surface area contributed by atoms with Crippen molar-refractivity contribution >= 4 is 69.2 Å². The minimum atomic E-state index is -6.91. The molecule has 2 aliphatic rings. The maximum atomic E-state index is 14.4. The van der Waals surface area contributed by atoms with Crippen LogP contribution < -0.4 is 0 Å². The first-order valence-electron chi connectivity index (χ1n) is 11.9. The van der Waals surface area contributed by atoms with Crippen LogP contribution in [0.3, 0.4) is 0 Å². The molecule has 2 aromatic carbocycles. The zero-order valence-electron chi connectivity index (χ0n) is 22.1. The van der Waals surface area contributed by atoms with Crippen LogP contribution in [0.15, 0.2) is 22.0 Å². The molecule has 4 amide bonds. The van der Waals surface area contributed by atoms with Crippen molar-refractivity contribution in [1.29, 1.82) is 5.26 Å². The number of carbonyl (C=O) groups excluding carboxylic acids is 4. The highest BCUT2D eigenvalue weighted by Crippen LogP contribution is 2.51. The minimum Gasteiger partial charge on any atom is -0.269 e. The fourth-order valence-corrected chi connectivity index (χ4v) is 5.34. The van der Waals surface area contributed by atoms with E-state index in [1.54, 1.807) is 5.16 Å². The molecule has 24 heteroatoms. The van der Waals surface area contributed by atoms with Crippen LogP contribution in [-0.2, 0) is 0 Å². The Morgan fingerprint density at radius 1 is 0.667 bits per heavy atom. The van der Waals surface area contributed by atoms with Gasteiger partial charge in [-0.1, -0.05) is 0 Å². The fraction of sp³-hybridized carbons (Fsp3) is 0.333. The highest BCUT2D eigenvalue weighted by atomic mass is 32.2. The van der Waals surface area contributed by atoms with Gasteiger partial charge >= 0.3 is 36.0 Å². The van der Waals surface area contributed by atoms with Crippen LogP contribution in [0.2, 0.25) is 0 Å². The van der Waals surface area contributed by atoms with Crippen molar-refractivity contribution in [1.82, 2.24) is 9.80 Å². The number of nitrogens with zero attached hydrogens (tertiary/aromatic N) is 4. The lowest BCUT2D eigenvalue weighted by molar-refractivity contribution is -0.354. The molecule has 2 heterocycles. The van der Waals surface area contributed by atoms with E-state index < -0.39 is 126 Å². The second-order valence-corrected chi connectivity index (χ2v) is 10.7. The number of thiocarbonyl (C=S) groups is 1. The number of hydrogen-bond donors (Lipinski definition) is 0. The number of halogens is 14. The number of alkyl halides is 14. The number of isothiocyanates is 1. The van der Waals surface area contributed by atoms with E-state index in [-0.39, 0.29) is 11.8 Å². The summed E-state index contributed by atoms with van der Waals surface area (Å²) >= 11 is 4.17. The lowest BCUT2D eigenvalue weighted by Gasteiger charge is -2.37. The molecule has 0 aromatic heterocycles. The van der Waals surface area contributed by atoms with Gasteiger partial charge in [-0.25, -0.2) is 0 Å². The van der Waals surface area contributed by atoms with Gasteiger partial charge in [0.25, 0.3) is 23.6 Å². The summed E-state index contributed by atoms with van der Waals surface area (Å²) in [6.45, 7) is -5.89. The second kappa shape index (κ2) is 11.1. The molecule has 4 rings (SSSR count). The van der Waals surface area contributed by atoms with Crippen LogP contribution in [0.25, 0.3) is 10.8 Å². The molecule has 0 N–H and O–H groups in total. The van der Waals surface area contributed by atoms with E-state index in [0.29, 0.717) is 12.1 Å². The molecular weight excluding hydrogens is 738 g/mol. The van der Waals surface area contributed by atoms with Gasteiger partial charge in [-0.3, -0.25) is 29.0 Å². The van der Waals surface area contributed by atoms with E-state index in [9.17, 15) is 85.9 Å². The molecule has 2 aromatic rings. The van der Waals surface area contributed by atoms with Gasteiger partial charge in [0.05, 0.1) is 40.6 Å². The topological polar surface area (TPSA) is 111 Å². The molecule has 0 saturated heterocycles. The molecule has 0 spiro atoms. The number of rotatable bonds is 8. The van der Waals surface area contributed by atoms with Gasteiger partial charge in [0.15, 0.2) is 0 Å². The molecule has 0 fully saturated rings. The maximum absolute atomic E-state index is 14.4. The number of benzene rings is 2. The number of nitriles is 1. The van der Waals surface area contributed by atoms with Gasteiger partial charge in [0, 0.05) is 21.2 Å². The molecule has 2 aliphatic heterocycles. The van der Waals surface area contributed by atoms with Gasteiger partial charge < -0.3 is 0 Å². The lowest BCUT2D eigenvalue weighted by Crippen LogP contribution is -2.59. The van der Waals surface area contributed by atoms with Crippen molar-refractivity contribution in [3.8, 4) is 5.40 Å². The number of carbonyl (C=O) groups is 4. The van der Waals surface area contributed by atoms with E-state index in [1.807, 2.05) is 0 Å². The lowest BCUT2D eigenvalue weighted by atomic mass is 9.84. The Kier molecular flexibility index (Phi) is 8.43. The maximum Gasteiger partial charge on any atom is 0.459 e. The van der Waals surface area contributed by atoms with Gasteiger partial charge in [0.2, 0.25) is 0 Å². The summed E-state index contributed by atoms with van der Waals surface area (Å²) in [5.74, 6) is -34.4. The Morgan fingerprint density at radius 3 is 1.46 bits per heavy atom. The molecule has 256 valence electrons. The van der Waals surface area contributed by atoms with E-state index in [2.05, 4.69) is 17.2 Å². The average Bonchev–Trinajstić information content (AvgIpc) is 2.94. The third kappa shape index (κ3) is 5.14. The number of hydrogen-bond acceptors (Lipinski definition) is 8. The third-order valence-corrected chi connectivity index (χ3v) is 7.61. The van der Waals surface area contributed by atoms with Crippen LogP contribution in [0.5, 0.6) is 0 Å². The Bertz CT molecular complexity index is 1910. The normalized spacial score (nSPS) is 16.0. The first-order chi connectivity index (χ1) is 21.7. The molecule has 8 nitrogen and oxygen atoms in total. The van der Waals surface area contributed by atoms with Crippen molar-refractivity contribution in [2.24, 2.45) is 4.99 Å². The summed E-state index contributed by atoms with van der Waals surface area (Å²) < 4.78 is 189. The molecular formula is C24H6F14N4O4S2. The monoisotopic (exact) mass is 744 g/mol. The summed E-state index contributed by atoms with van der Waals surface area (Å²) in [5, 5.41) is 10.1.